The van der Waals surface area contributed by atoms with Gasteiger partial charge in [-0.05, 0) is 28.8 Å². The quantitative estimate of drug-likeness (QED) is 0.794. The predicted molar refractivity (Wildman–Crippen MR) is 91.0 cm³/mol. The summed E-state index contributed by atoms with van der Waals surface area (Å²) in [6.45, 7) is 4.25. The van der Waals surface area contributed by atoms with Crippen LogP contribution in [-0.2, 0) is 20.3 Å². The van der Waals surface area contributed by atoms with Crippen LogP contribution in [-0.4, -0.2) is 39.6 Å². The van der Waals surface area contributed by atoms with Crippen molar-refractivity contribution in [3.05, 3.63) is 54.1 Å². The molecule has 122 valence electrons. The molecule has 6 heteroatoms. The first-order valence-corrected chi connectivity index (χ1v) is 9.78. The SMILES string of the molecule is O=S(=O)(Cl)c1ccc(-c2ccccc2CN2CCOCC2)cc1. The number of benzene rings is 2. The largest absolute Gasteiger partial charge is 0.379 e. The van der Waals surface area contributed by atoms with E-state index in [0.29, 0.717) is 0 Å². The standard InChI is InChI=1S/C17H18ClNO3S/c18-23(20,21)16-7-5-14(6-8-16)17-4-2-1-3-15(17)13-19-9-11-22-12-10-19/h1-8H,9-13H2. The summed E-state index contributed by atoms with van der Waals surface area (Å²) in [5.74, 6) is 0. The van der Waals surface area contributed by atoms with E-state index in [2.05, 4.69) is 17.0 Å². The van der Waals surface area contributed by atoms with E-state index in [-0.39, 0.29) is 4.90 Å². The molecule has 23 heavy (non-hydrogen) atoms. The van der Waals surface area contributed by atoms with Gasteiger partial charge in [0.05, 0.1) is 18.1 Å². The second-order valence-electron chi connectivity index (χ2n) is 5.51. The number of rotatable bonds is 4. The maximum Gasteiger partial charge on any atom is 0.261 e. The first kappa shape index (κ1) is 16.5. The van der Waals surface area contributed by atoms with Crippen molar-refractivity contribution in [3.8, 4) is 11.1 Å². The van der Waals surface area contributed by atoms with E-state index >= 15 is 0 Å². The van der Waals surface area contributed by atoms with Gasteiger partial charge in [0.25, 0.3) is 9.05 Å². The Morgan fingerprint density at radius 1 is 1.00 bits per heavy atom. The summed E-state index contributed by atoms with van der Waals surface area (Å²) in [5, 5.41) is 0. The van der Waals surface area contributed by atoms with Crippen LogP contribution in [0.5, 0.6) is 0 Å². The Labute approximate surface area is 141 Å². The molecule has 4 nitrogen and oxygen atoms in total. The Balaban J connectivity index is 1.87. The van der Waals surface area contributed by atoms with Gasteiger partial charge in [-0.3, -0.25) is 4.90 Å². The molecule has 3 rings (SSSR count). The second-order valence-corrected chi connectivity index (χ2v) is 8.07. The van der Waals surface area contributed by atoms with Crippen LogP contribution in [0.15, 0.2) is 53.4 Å². The van der Waals surface area contributed by atoms with E-state index < -0.39 is 9.05 Å². The minimum Gasteiger partial charge on any atom is -0.379 e. The lowest BCUT2D eigenvalue weighted by Gasteiger charge is -2.27. The summed E-state index contributed by atoms with van der Waals surface area (Å²) >= 11 is 0. The van der Waals surface area contributed by atoms with Gasteiger partial charge in [0, 0.05) is 30.3 Å². The van der Waals surface area contributed by atoms with Crippen molar-refractivity contribution < 1.29 is 13.2 Å². The zero-order chi connectivity index (χ0) is 16.3. The lowest BCUT2D eigenvalue weighted by molar-refractivity contribution is 0.0342. The molecule has 0 bridgehead atoms. The highest BCUT2D eigenvalue weighted by Crippen LogP contribution is 2.27. The molecule has 0 atom stereocenters. The van der Waals surface area contributed by atoms with Crippen LogP contribution in [0.1, 0.15) is 5.56 Å². The van der Waals surface area contributed by atoms with E-state index in [4.69, 9.17) is 15.4 Å². The highest BCUT2D eigenvalue weighted by Gasteiger charge is 2.14. The zero-order valence-electron chi connectivity index (χ0n) is 12.6. The average Bonchev–Trinajstić information content (AvgIpc) is 2.56. The third kappa shape index (κ3) is 4.12. The van der Waals surface area contributed by atoms with Gasteiger partial charge in [-0.25, -0.2) is 8.42 Å². The Kier molecular flexibility index (Phi) is 5.02. The molecule has 1 aliphatic rings. The maximum absolute atomic E-state index is 11.4. The molecule has 1 aliphatic heterocycles. The van der Waals surface area contributed by atoms with Crippen LogP contribution in [0.25, 0.3) is 11.1 Å². The molecule has 0 aromatic heterocycles. The summed E-state index contributed by atoms with van der Waals surface area (Å²) in [6, 6.07) is 14.9. The number of halogens is 1. The van der Waals surface area contributed by atoms with E-state index in [0.717, 1.165) is 44.0 Å². The molecule has 1 heterocycles. The molecule has 1 fully saturated rings. The third-order valence-corrected chi connectivity index (χ3v) is 5.33. The van der Waals surface area contributed by atoms with Gasteiger partial charge >= 0.3 is 0 Å². The molecule has 1 saturated heterocycles. The summed E-state index contributed by atoms with van der Waals surface area (Å²) in [7, 11) is 1.69. The lowest BCUT2D eigenvalue weighted by atomic mass is 9.99. The molecular formula is C17H18ClNO3S. The first-order valence-electron chi connectivity index (χ1n) is 7.47. The van der Waals surface area contributed by atoms with Crippen molar-refractivity contribution in [1.82, 2.24) is 4.90 Å². The maximum atomic E-state index is 11.4. The van der Waals surface area contributed by atoms with E-state index in [1.165, 1.54) is 5.56 Å². The predicted octanol–water partition coefficient (Wildman–Crippen LogP) is 3.11. The normalized spacial score (nSPS) is 16.4. The number of ether oxygens (including phenoxy) is 1. The monoisotopic (exact) mass is 351 g/mol. The minimum absolute atomic E-state index is 0.119. The number of hydrogen-bond acceptors (Lipinski definition) is 4. The Morgan fingerprint density at radius 3 is 2.30 bits per heavy atom. The van der Waals surface area contributed by atoms with E-state index in [1.807, 2.05) is 12.1 Å². The molecule has 0 amide bonds. The van der Waals surface area contributed by atoms with Crippen LogP contribution >= 0.6 is 10.7 Å². The molecule has 2 aromatic rings. The van der Waals surface area contributed by atoms with Gasteiger partial charge in [0.1, 0.15) is 0 Å². The fourth-order valence-electron chi connectivity index (χ4n) is 2.74. The van der Waals surface area contributed by atoms with Crippen LogP contribution < -0.4 is 0 Å². The highest BCUT2D eigenvalue weighted by atomic mass is 35.7. The Morgan fingerprint density at radius 2 is 1.65 bits per heavy atom. The van der Waals surface area contributed by atoms with Gasteiger partial charge in [-0.1, -0.05) is 36.4 Å². The van der Waals surface area contributed by atoms with Crippen molar-refractivity contribution in [3.63, 3.8) is 0 Å². The number of nitrogens with zero attached hydrogens (tertiary/aromatic N) is 1. The molecule has 0 aliphatic carbocycles. The smallest absolute Gasteiger partial charge is 0.261 e. The fourth-order valence-corrected chi connectivity index (χ4v) is 3.51. The minimum atomic E-state index is -3.68. The average molecular weight is 352 g/mol. The third-order valence-electron chi connectivity index (χ3n) is 3.96. The number of morpholine rings is 1. The highest BCUT2D eigenvalue weighted by molar-refractivity contribution is 8.13. The molecule has 0 N–H and O–H groups in total. The molecule has 0 saturated carbocycles. The summed E-state index contributed by atoms with van der Waals surface area (Å²) in [4.78, 5) is 2.48. The Bertz CT molecular complexity index is 769. The Hall–Kier alpha value is -1.40. The molecule has 0 radical (unpaired) electrons. The van der Waals surface area contributed by atoms with Crippen molar-refractivity contribution in [2.75, 3.05) is 26.3 Å². The lowest BCUT2D eigenvalue weighted by Crippen LogP contribution is -2.35. The topological polar surface area (TPSA) is 46.6 Å². The summed E-state index contributed by atoms with van der Waals surface area (Å²) in [5.41, 5.74) is 3.31. The molecule has 0 unspecified atom stereocenters. The zero-order valence-corrected chi connectivity index (χ0v) is 14.2. The van der Waals surface area contributed by atoms with Crippen LogP contribution in [0, 0.1) is 0 Å². The van der Waals surface area contributed by atoms with Crippen LogP contribution in [0.2, 0.25) is 0 Å². The van der Waals surface area contributed by atoms with E-state index in [9.17, 15) is 8.42 Å². The van der Waals surface area contributed by atoms with Gasteiger partial charge in [0.2, 0.25) is 0 Å². The van der Waals surface area contributed by atoms with Crippen molar-refractivity contribution >= 4 is 19.7 Å². The van der Waals surface area contributed by atoms with Crippen molar-refractivity contribution in [1.29, 1.82) is 0 Å². The van der Waals surface area contributed by atoms with Crippen LogP contribution in [0.3, 0.4) is 0 Å². The molecular weight excluding hydrogens is 334 g/mol. The molecule has 0 spiro atoms. The van der Waals surface area contributed by atoms with Crippen molar-refractivity contribution in [2.24, 2.45) is 0 Å². The van der Waals surface area contributed by atoms with E-state index in [1.54, 1.807) is 24.3 Å². The van der Waals surface area contributed by atoms with Crippen molar-refractivity contribution in [2.45, 2.75) is 11.4 Å². The number of hydrogen-bond donors (Lipinski definition) is 0. The molecule has 2 aromatic carbocycles. The second kappa shape index (κ2) is 7.01. The van der Waals surface area contributed by atoms with Crippen LogP contribution in [0.4, 0.5) is 0 Å². The first-order chi connectivity index (χ1) is 11.0. The van der Waals surface area contributed by atoms with Gasteiger partial charge < -0.3 is 4.74 Å². The van der Waals surface area contributed by atoms with Gasteiger partial charge in [0.15, 0.2) is 0 Å². The fraction of sp³-hybridized carbons (Fsp3) is 0.294. The van der Waals surface area contributed by atoms with Gasteiger partial charge in [-0.2, -0.15) is 0 Å². The summed E-state index contributed by atoms with van der Waals surface area (Å²) in [6.07, 6.45) is 0. The summed E-state index contributed by atoms with van der Waals surface area (Å²) < 4.78 is 28.1. The van der Waals surface area contributed by atoms with Gasteiger partial charge in [-0.15, -0.1) is 0 Å².